The van der Waals surface area contributed by atoms with Crippen LogP contribution in [-0.2, 0) is 16.7 Å². The third kappa shape index (κ3) is 5.81. The van der Waals surface area contributed by atoms with Crippen molar-refractivity contribution in [2.75, 3.05) is 33.9 Å². The lowest BCUT2D eigenvalue weighted by atomic mass is 9.74. The van der Waals surface area contributed by atoms with Crippen molar-refractivity contribution in [3.8, 4) is 5.75 Å². The average Bonchev–Trinajstić information content (AvgIpc) is 2.75. The molecule has 0 unspecified atom stereocenters. The van der Waals surface area contributed by atoms with Crippen molar-refractivity contribution in [3.05, 3.63) is 59.9 Å². The molecule has 0 radical (unpaired) electrons. The zero-order chi connectivity index (χ0) is 19.0. The summed E-state index contributed by atoms with van der Waals surface area (Å²) in [6.07, 6.45) is 3.75. The molecule has 1 aliphatic heterocycles. The van der Waals surface area contributed by atoms with Crippen LogP contribution in [0.2, 0.25) is 0 Å². The van der Waals surface area contributed by atoms with Gasteiger partial charge in [0.2, 0.25) is 0 Å². The van der Waals surface area contributed by atoms with E-state index in [0.717, 1.165) is 50.0 Å². The van der Waals surface area contributed by atoms with Crippen molar-refractivity contribution >= 4 is 29.9 Å². The highest BCUT2D eigenvalue weighted by Gasteiger charge is 2.34. The number of guanidine groups is 1. The van der Waals surface area contributed by atoms with Crippen molar-refractivity contribution < 1.29 is 9.47 Å². The van der Waals surface area contributed by atoms with Gasteiger partial charge in [-0.2, -0.15) is 0 Å². The Labute approximate surface area is 184 Å². The van der Waals surface area contributed by atoms with Gasteiger partial charge in [-0.1, -0.05) is 18.2 Å². The lowest BCUT2D eigenvalue weighted by Crippen LogP contribution is -2.48. The van der Waals surface area contributed by atoms with Gasteiger partial charge in [-0.05, 0) is 42.7 Å². The molecule has 28 heavy (non-hydrogen) atoms. The summed E-state index contributed by atoms with van der Waals surface area (Å²) in [5.74, 6) is 1.65. The summed E-state index contributed by atoms with van der Waals surface area (Å²) in [4.78, 5) is 8.69. The molecule has 0 amide bonds. The standard InChI is InChI=1S/C21H28N4O2.HI/c1-22-20(24-15-18-5-3-4-12-23-18)25-16-21(10-13-27-14-11-21)17-6-8-19(26-2)9-7-17;/h3-9,12H,10-11,13-16H2,1-2H3,(H2,22,24,25);1H. The van der Waals surface area contributed by atoms with E-state index in [2.05, 4.69) is 32.7 Å². The number of hydrogen-bond acceptors (Lipinski definition) is 4. The highest BCUT2D eigenvalue weighted by atomic mass is 127. The third-order valence-electron chi connectivity index (χ3n) is 5.13. The molecule has 1 fully saturated rings. The van der Waals surface area contributed by atoms with E-state index < -0.39 is 0 Å². The fourth-order valence-corrected chi connectivity index (χ4v) is 3.42. The Morgan fingerprint density at radius 3 is 2.50 bits per heavy atom. The van der Waals surface area contributed by atoms with Gasteiger partial charge in [0.15, 0.2) is 5.96 Å². The number of aromatic nitrogens is 1. The summed E-state index contributed by atoms with van der Waals surface area (Å²) < 4.78 is 10.9. The van der Waals surface area contributed by atoms with Gasteiger partial charge in [-0.3, -0.25) is 9.98 Å². The molecule has 6 nitrogen and oxygen atoms in total. The molecule has 2 N–H and O–H groups in total. The summed E-state index contributed by atoms with van der Waals surface area (Å²) in [7, 11) is 3.48. The highest BCUT2D eigenvalue weighted by Crippen LogP contribution is 2.35. The predicted molar refractivity (Wildman–Crippen MR) is 123 cm³/mol. The minimum Gasteiger partial charge on any atom is -0.497 e. The number of benzene rings is 1. The van der Waals surface area contributed by atoms with Gasteiger partial charge in [-0.25, -0.2) is 0 Å². The first kappa shape index (κ1) is 22.4. The topological polar surface area (TPSA) is 67.8 Å². The van der Waals surface area contributed by atoms with Crippen molar-refractivity contribution in [2.45, 2.75) is 24.8 Å². The molecule has 3 rings (SSSR count). The molecule has 0 spiro atoms. The second-order valence-corrected chi connectivity index (χ2v) is 6.72. The normalized spacial score (nSPS) is 16.0. The number of nitrogens with one attached hydrogen (secondary N) is 2. The summed E-state index contributed by atoms with van der Waals surface area (Å²) in [6.45, 7) is 2.98. The largest absolute Gasteiger partial charge is 0.497 e. The molecule has 7 heteroatoms. The molecular weight excluding hydrogens is 467 g/mol. The minimum atomic E-state index is 0. The van der Waals surface area contributed by atoms with Crippen LogP contribution in [0.4, 0.5) is 0 Å². The van der Waals surface area contributed by atoms with Crippen molar-refractivity contribution in [1.29, 1.82) is 0 Å². The number of aliphatic imine (C=N–C) groups is 1. The van der Waals surface area contributed by atoms with E-state index in [1.54, 1.807) is 20.4 Å². The maximum atomic E-state index is 5.62. The lowest BCUT2D eigenvalue weighted by molar-refractivity contribution is 0.0513. The molecule has 1 saturated heterocycles. The van der Waals surface area contributed by atoms with E-state index in [4.69, 9.17) is 9.47 Å². The number of pyridine rings is 1. The molecule has 1 aromatic heterocycles. The fourth-order valence-electron chi connectivity index (χ4n) is 3.42. The van der Waals surface area contributed by atoms with Crippen LogP contribution in [-0.4, -0.2) is 44.9 Å². The summed E-state index contributed by atoms with van der Waals surface area (Å²) in [5.41, 5.74) is 2.31. The van der Waals surface area contributed by atoms with Gasteiger partial charge in [-0.15, -0.1) is 24.0 Å². The zero-order valence-electron chi connectivity index (χ0n) is 16.5. The molecule has 0 bridgehead atoms. The SMILES string of the molecule is CN=C(NCc1ccccn1)NCC1(c2ccc(OC)cc2)CCOCC1.I. The minimum absolute atomic E-state index is 0. The number of hydrogen-bond donors (Lipinski definition) is 2. The van der Waals surface area contributed by atoms with Gasteiger partial charge in [0.05, 0.1) is 19.3 Å². The van der Waals surface area contributed by atoms with Gasteiger partial charge < -0.3 is 20.1 Å². The smallest absolute Gasteiger partial charge is 0.191 e. The second kappa shape index (κ2) is 11.2. The van der Waals surface area contributed by atoms with E-state index in [1.165, 1.54) is 5.56 Å². The number of ether oxygens (including phenoxy) is 2. The first-order valence-corrected chi connectivity index (χ1v) is 9.32. The third-order valence-corrected chi connectivity index (χ3v) is 5.13. The molecule has 2 aromatic rings. The van der Waals surface area contributed by atoms with Crippen molar-refractivity contribution in [1.82, 2.24) is 15.6 Å². The van der Waals surface area contributed by atoms with Gasteiger partial charge >= 0.3 is 0 Å². The Bertz CT molecular complexity index is 732. The molecule has 1 aromatic carbocycles. The Kier molecular flexibility index (Phi) is 8.98. The molecular formula is C21H29IN4O2. The number of rotatable bonds is 6. The monoisotopic (exact) mass is 496 g/mol. The first-order chi connectivity index (χ1) is 13.3. The lowest BCUT2D eigenvalue weighted by Gasteiger charge is -2.38. The van der Waals surface area contributed by atoms with E-state index in [1.807, 2.05) is 30.3 Å². The summed E-state index contributed by atoms with van der Waals surface area (Å²) in [5, 5.41) is 6.84. The Hall–Kier alpha value is -1.87. The average molecular weight is 496 g/mol. The van der Waals surface area contributed by atoms with Crippen LogP contribution in [0.25, 0.3) is 0 Å². The van der Waals surface area contributed by atoms with Crippen LogP contribution in [0.1, 0.15) is 24.1 Å². The van der Waals surface area contributed by atoms with E-state index >= 15 is 0 Å². The Morgan fingerprint density at radius 1 is 1.14 bits per heavy atom. The van der Waals surface area contributed by atoms with Gasteiger partial charge in [0.1, 0.15) is 5.75 Å². The fraction of sp³-hybridized carbons (Fsp3) is 0.429. The molecule has 0 aliphatic carbocycles. The van der Waals surface area contributed by atoms with Crippen LogP contribution in [0.3, 0.4) is 0 Å². The van der Waals surface area contributed by atoms with Crippen LogP contribution in [0.5, 0.6) is 5.75 Å². The molecule has 2 heterocycles. The number of halogens is 1. The van der Waals surface area contributed by atoms with Crippen LogP contribution in [0, 0.1) is 0 Å². The van der Waals surface area contributed by atoms with Crippen molar-refractivity contribution in [2.24, 2.45) is 4.99 Å². The highest BCUT2D eigenvalue weighted by molar-refractivity contribution is 14.0. The zero-order valence-corrected chi connectivity index (χ0v) is 18.8. The van der Waals surface area contributed by atoms with Crippen molar-refractivity contribution in [3.63, 3.8) is 0 Å². The van der Waals surface area contributed by atoms with Crippen LogP contribution in [0.15, 0.2) is 53.7 Å². The predicted octanol–water partition coefficient (Wildman–Crippen LogP) is 3.12. The van der Waals surface area contributed by atoms with E-state index in [0.29, 0.717) is 6.54 Å². The second-order valence-electron chi connectivity index (χ2n) is 6.72. The summed E-state index contributed by atoms with van der Waals surface area (Å²) >= 11 is 0. The molecule has 0 saturated carbocycles. The molecule has 152 valence electrons. The number of methoxy groups -OCH3 is 1. The van der Waals surface area contributed by atoms with Gasteiger partial charge in [0, 0.05) is 38.4 Å². The van der Waals surface area contributed by atoms with E-state index in [-0.39, 0.29) is 29.4 Å². The summed E-state index contributed by atoms with van der Waals surface area (Å²) in [6, 6.07) is 14.3. The van der Waals surface area contributed by atoms with E-state index in [9.17, 15) is 0 Å². The maximum Gasteiger partial charge on any atom is 0.191 e. The molecule has 0 atom stereocenters. The van der Waals surface area contributed by atoms with Gasteiger partial charge in [0.25, 0.3) is 0 Å². The number of nitrogens with zero attached hydrogens (tertiary/aromatic N) is 2. The Balaban J connectivity index is 0.00000280. The maximum absolute atomic E-state index is 5.62. The molecule has 1 aliphatic rings. The van der Waals surface area contributed by atoms with Crippen LogP contribution < -0.4 is 15.4 Å². The van der Waals surface area contributed by atoms with Crippen LogP contribution >= 0.6 is 24.0 Å². The Morgan fingerprint density at radius 2 is 1.89 bits per heavy atom. The first-order valence-electron chi connectivity index (χ1n) is 9.32. The quantitative estimate of drug-likeness (QED) is 0.366.